The molecular weight excluding hydrogens is 213 g/mol. The number of halogens is 1. The highest BCUT2D eigenvalue weighted by Gasteiger charge is 2.01. The lowest BCUT2D eigenvalue weighted by molar-refractivity contribution is 0.628. The van der Waals surface area contributed by atoms with Crippen molar-refractivity contribution in [2.45, 2.75) is 0 Å². The first-order valence-corrected chi connectivity index (χ1v) is 4.98. The lowest BCUT2D eigenvalue weighted by Crippen LogP contribution is -1.88. The third-order valence-corrected chi connectivity index (χ3v) is 2.51. The molecule has 1 aromatic carbocycles. The van der Waals surface area contributed by atoms with E-state index in [1.54, 1.807) is 12.1 Å². The van der Waals surface area contributed by atoms with Crippen LogP contribution in [0, 0.1) is 17.1 Å². The highest BCUT2D eigenvalue weighted by atomic mass is 32.1. The van der Waals surface area contributed by atoms with Gasteiger partial charge in [0.15, 0.2) is 5.13 Å². The van der Waals surface area contributed by atoms with Gasteiger partial charge < -0.3 is 5.32 Å². The number of nitrogens with zero attached hydrogens (tertiary/aromatic N) is 2. The van der Waals surface area contributed by atoms with Crippen LogP contribution in [0.5, 0.6) is 0 Å². The molecule has 15 heavy (non-hydrogen) atoms. The van der Waals surface area contributed by atoms with Crippen LogP contribution in [0.15, 0.2) is 30.5 Å². The summed E-state index contributed by atoms with van der Waals surface area (Å²) in [5.74, 6) is -0.308. The van der Waals surface area contributed by atoms with E-state index in [2.05, 4.69) is 10.3 Å². The molecule has 1 aromatic heterocycles. The Morgan fingerprint density at radius 2 is 2.33 bits per heavy atom. The summed E-state index contributed by atoms with van der Waals surface area (Å²) in [5.41, 5.74) is 0.619. The van der Waals surface area contributed by atoms with Crippen LogP contribution in [-0.2, 0) is 0 Å². The number of benzene rings is 1. The highest BCUT2D eigenvalue weighted by Crippen LogP contribution is 2.22. The maximum absolute atomic E-state index is 12.8. The molecule has 0 saturated heterocycles. The van der Waals surface area contributed by atoms with E-state index in [4.69, 9.17) is 5.26 Å². The maximum Gasteiger partial charge on any atom is 0.188 e. The standard InChI is InChI=1S/C10H6FN3S/c11-7-2-1-3-8(4-7)14-10-13-6-9(5-12)15-10/h1-4,6H,(H,13,14). The van der Waals surface area contributed by atoms with Crippen LogP contribution < -0.4 is 5.32 Å². The smallest absolute Gasteiger partial charge is 0.188 e. The van der Waals surface area contributed by atoms with Crippen molar-refractivity contribution in [2.75, 3.05) is 5.32 Å². The molecule has 0 bridgehead atoms. The number of nitrogens with one attached hydrogen (secondary N) is 1. The molecule has 0 aliphatic rings. The van der Waals surface area contributed by atoms with Gasteiger partial charge in [0, 0.05) is 5.69 Å². The third kappa shape index (κ3) is 2.30. The van der Waals surface area contributed by atoms with Gasteiger partial charge in [-0.25, -0.2) is 9.37 Å². The van der Waals surface area contributed by atoms with Crippen LogP contribution in [-0.4, -0.2) is 4.98 Å². The van der Waals surface area contributed by atoms with Gasteiger partial charge in [-0.05, 0) is 18.2 Å². The van der Waals surface area contributed by atoms with Crippen molar-refractivity contribution in [3.63, 3.8) is 0 Å². The van der Waals surface area contributed by atoms with Crippen molar-refractivity contribution < 1.29 is 4.39 Å². The summed E-state index contributed by atoms with van der Waals surface area (Å²) in [6.45, 7) is 0. The maximum atomic E-state index is 12.8. The summed E-state index contributed by atoms with van der Waals surface area (Å²) in [5, 5.41) is 12.1. The van der Waals surface area contributed by atoms with Gasteiger partial charge in [-0.15, -0.1) is 0 Å². The Morgan fingerprint density at radius 3 is 3.00 bits per heavy atom. The first-order valence-electron chi connectivity index (χ1n) is 4.16. The topological polar surface area (TPSA) is 48.7 Å². The fraction of sp³-hybridized carbons (Fsp3) is 0. The fourth-order valence-electron chi connectivity index (χ4n) is 1.07. The Labute approximate surface area is 89.8 Å². The molecule has 2 aromatic rings. The molecule has 0 unspecified atom stereocenters. The zero-order valence-electron chi connectivity index (χ0n) is 7.57. The minimum atomic E-state index is -0.308. The van der Waals surface area contributed by atoms with Crippen molar-refractivity contribution in [3.05, 3.63) is 41.2 Å². The number of aromatic nitrogens is 1. The monoisotopic (exact) mass is 219 g/mol. The normalized spacial score (nSPS) is 9.60. The molecule has 74 valence electrons. The number of anilines is 2. The summed E-state index contributed by atoms with van der Waals surface area (Å²) in [6.07, 6.45) is 1.48. The Hall–Kier alpha value is -1.93. The van der Waals surface area contributed by atoms with Crippen LogP contribution in [0.1, 0.15) is 4.88 Å². The summed E-state index contributed by atoms with van der Waals surface area (Å²) in [7, 11) is 0. The molecule has 0 atom stereocenters. The minimum absolute atomic E-state index is 0.308. The molecule has 0 spiro atoms. The Kier molecular flexibility index (Phi) is 2.61. The predicted octanol–water partition coefficient (Wildman–Crippen LogP) is 2.90. The fourth-order valence-corrected chi connectivity index (χ4v) is 1.71. The minimum Gasteiger partial charge on any atom is -0.331 e. The average Bonchev–Trinajstić information content (AvgIpc) is 2.65. The molecule has 1 heterocycles. The van der Waals surface area contributed by atoms with Crippen molar-refractivity contribution >= 4 is 22.2 Å². The van der Waals surface area contributed by atoms with E-state index in [0.29, 0.717) is 15.7 Å². The van der Waals surface area contributed by atoms with E-state index in [1.165, 1.54) is 29.7 Å². The number of thiazole rings is 1. The van der Waals surface area contributed by atoms with E-state index in [9.17, 15) is 4.39 Å². The Balaban J connectivity index is 2.19. The second kappa shape index (κ2) is 4.07. The summed E-state index contributed by atoms with van der Waals surface area (Å²) in [6, 6.07) is 8.06. The molecular formula is C10H6FN3S. The quantitative estimate of drug-likeness (QED) is 0.844. The molecule has 0 aliphatic carbocycles. The molecule has 0 aliphatic heterocycles. The second-order valence-corrected chi connectivity index (χ2v) is 3.81. The third-order valence-electron chi connectivity index (χ3n) is 1.69. The van der Waals surface area contributed by atoms with Gasteiger partial charge in [-0.2, -0.15) is 5.26 Å². The van der Waals surface area contributed by atoms with Crippen molar-refractivity contribution in [3.8, 4) is 6.07 Å². The molecule has 0 fully saturated rings. The first-order chi connectivity index (χ1) is 7.28. The SMILES string of the molecule is N#Cc1cnc(Nc2cccc(F)c2)s1. The van der Waals surface area contributed by atoms with E-state index < -0.39 is 0 Å². The first kappa shape index (κ1) is 9.62. The molecule has 0 saturated carbocycles. The Morgan fingerprint density at radius 1 is 1.47 bits per heavy atom. The molecule has 3 nitrogen and oxygen atoms in total. The van der Waals surface area contributed by atoms with Gasteiger partial charge in [0.2, 0.25) is 0 Å². The van der Waals surface area contributed by atoms with Crippen molar-refractivity contribution in [1.29, 1.82) is 5.26 Å². The van der Waals surface area contributed by atoms with E-state index >= 15 is 0 Å². The van der Waals surface area contributed by atoms with E-state index in [1.807, 2.05) is 6.07 Å². The van der Waals surface area contributed by atoms with E-state index in [0.717, 1.165) is 0 Å². The van der Waals surface area contributed by atoms with Crippen LogP contribution in [0.3, 0.4) is 0 Å². The van der Waals surface area contributed by atoms with Gasteiger partial charge in [-0.3, -0.25) is 0 Å². The van der Waals surface area contributed by atoms with Gasteiger partial charge in [-0.1, -0.05) is 17.4 Å². The molecule has 0 amide bonds. The molecule has 0 radical (unpaired) electrons. The van der Waals surface area contributed by atoms with Crippen molar-refractivity contribution in [2.24, 2.45) is 0 Å². The van der Waals surface area contributed by atoms with Gasteiger partial charge >= 0.3 is 0 Å². The zero-order chi connectivity index (χ0) is 10.7. The lowest BCUT2D eigenvalue weighted by Gasteiger charge is -2.00. The number of nitriles is 1. The van der Waals surface area contributed by atoms with E-state index in [-0.39, 0.29) is 5.82 Å². The summed E-state index contributed by atoms with van der Waals surface area (Å²) < 4.78 is 12.8. The highest BCUT2D eigenvalue weighted by molar-refractivity contribution is 7.16. The molecule has 5 heteroatoms. The lowest BCUT2D eigenvalue weighted by atomic mass is 10.3. The number of rotatable bonds is 2. The number of hydrogen-bond acceptors (Lipinski definition) is 4. The molecule has 1 N–H and O–H groups in total. The summed E-state index contributed by atoms with van der Waals surface area (Å²) >= 11 is 1.23. The van der Waals surface area contributed by atoms with Gasteiger partial charge in [0.1, 0.15) is 16.8 Å². The van der Waals surface area contributed by atoms with Crippen molar-refractivity contribution in [1.82, 2.24) is 4.98 Å². The van der Waals surface area contributed by atoms with Gasteiger partial charge in [0.05, 0.1) is 6.20 Å². The molecule has 2 rings (SSSR count). The average molecular weight is 219 g/mol. The van der Waals surface area contributed by atoms with Crippen LogP contribution >= 0.6 is 11.3 Å². The van der Waals surface area contributed by atoms with Crippen LogP contribution in [0.25, 0.3) is 0 Å². The second-order valence-electron chi connectivity index (χ2n) is 2.78. The predicted molar refractivity (Wildman–Crippen MR) is 56.5 cm³/mol. The number of hydrogen-bond donors (Lipinski definition) is 1. The van der Waals surface area contributed by atoms with Crippen LogP contribution in [0.2, 0.25) is 0 Å². The zero-order valence-corrected chi connectivity index (χ0v) is 8.38. The summed E-state index contributed by atoms with van der Waals surface area (Å²) in [4.78, 5) is 4.50. The van der Waals surface area contributed by atoms with Crippen LogP contribution in [0.4, 0.5) is 15.2 Å². The largest absolute Gasteiger partial charge is 0.331 e. The van der Waals surface area contributed by atoms with Gasteiger partial charge in [0.25, 0.3) is 0 Å². The Bertz CT molecular complexity index is 515.